The zero-order chi connectivity index (χ0) is 18.1. The fourth-order valence-corrected chi connectivity index (χ4v) is 5.29. The van der Waals surface area contributed by atoms with Crippen LogP contribution in [0.5, 0.6) is 0 Å². The first-order chi connectivity index (χ1) is 12.6. The highest BCUT2D eigenvalue weighted by molar-refractivity contribution is 5.89. The largest absolute Gasteiger partial charge is 0.353 e. The lowest BCUT2D eigenvalue weighted by molar-refractivity contribution is -0.134. The summed E-state index contributed by atoms with van der Waals surface area (Å²) >= 11 is 0. The Morgan fingerprint density at radius 2 is 1.92 bits per heavy atom. The third-order valence-corrected chi connectivity index (χ3v) is 6.67. The first-order valence-electron chi connectivity index (χ1n) is 9.97. The zero-order valence-electron chi connectivity index (χ0n) is 15.5. The number of hydrogen-bond donors (Lipinski definition) is 2. The van der Waals surface area contributed by atoms with E-state index in [9.17, 15) is 9.59 Å². The monoisotopic (exact) mass is 355 g/mol. The number of benzene rings is 1. The Morgan fingerprint density at radius 3 is 2.65 bits per heavy atom. The van der Waals surface area contributed by atoms with Crippen molar-refractivity contribution < 1.29 is 9.59 Å². The molecule has 1 aliphatic heterocycles. The van der Waals surface area contributed by atoms with Gasteiger partial charge < -0.3 is 10.6 Å². The van der Waals surface area contributed by atoms with E-state index in [0.29, 0.717) is 24.3 Å². The predicted molar refractivity (Wildman–Crippen MR) is 101 cm³/mol. The highest BCUT2D eigenvalue weighted by Gasteiger charge is 2.51. The van der Waals surface area contributed by atoms with Crippen molar-refractivity contribution in [3.8, 4) is 0 Å². The SMILES string of the molecule is CN1CCNC(=O)[C@@H]1CC(=O)N[C@H]1[C@@H]2CCCC[C@@H]2[C@@H]1c1ccccc1. The molecule has 2 saturated carbocycles. The molecule has 4 rings (SSSR count). The topological polar surface area (TPSA) is 61.4 Å². The van der Waals surface area contributed by atoms with Crippen molar-refractivity contribution in [3.63, 3.8) is 0 Å². The molecule has 2 N–H and O–H groups in total. The van der Waals surface area contributed by atoms with Crippen molar-refractivity contribution in [2.75, 3.05) is 20.1 Å². The number of nitrogens with one attached hydrogen (secondary N) is 2. The molecule has 5 atom stereocenters. The number of amides is 2. The van der Waals surface area contributed by atoms with Crippen molar-refractivity contribution in [2.45, 2.75) is 50.1 Å². The molecule has 1 saturated heterocycles. The van der Waals surface area contributed by atoms with E-state index in [1.54, 1.807) is 0 Å². The summed E-state index contributed by atoms with van der Waals surface area (Å²) in [7, 11) is 1.92. The van der Waals surface area contributed by atoms with Gasteiger partial charge in [0.1, 0.15) is 0 Å². The summed E-state index contributed by atoms with van der Waals surface area (Å²) in [6, 6.07) is 10.5. The molecule has 5 heteroatoms. The fourth-order valence-electron chi connectivity index (χ4n) is 5.29. The molecule has 0 radical (unpaired) electrons. The summed E-state index contributed by atoms with van der Waals surface area (Å²) < 4.78 is 0. The smallest absolute Gasteiger partial charge is 0.237 e. The Bertz CT molecular complexity index is 662. The summed E-state index contributed by atoms with van der Waals surface area (Å²) in [6.07, 6.45) is 5.30. The molecule has 5 nitrogen and oxygen atoms in total. The Morgan fingerprint density at radius 1 is 1.19 bits per heavy atom. The molecule has 0 spiro atoms. The van der Waals surface area contributed by atoms with Gasteiger partial charge in [0.25, 0.3) is 0 Å². The highest BCUT2D eigenvalue weighted by Crippen LogP contribution is 2.54. The van der Waals surface area contributed by atoms with Crippen LogP contribution in [0.1, 0.15) is 43.6 Å². The minimum absolute atomic E-state index is 0.00820. The van der Waals surface area contributed by atoms with Crippen LogP contribution in [0.4, 0.5) is 0 Å². The normalized spacial score (nSPS) is 34.3. The number of likely N-dealkylation sites (N-methyl/N-ethyl adjacent to an activating group) is 1. The summed E-state index contributed by atoms with van der Waals surface area (Å²) in [5.74, 6) is 1.68. The molecule has 26 heavy (non-hydrogen) atoms. The van der Waals surface area contributed by atoms with Gasteiger partial charge in [0.2, 0.25) is 11.8 Å². The van der Waals surface area contributed by atoms with Crippen molar-refractivity contribution >= 4 is 11.8 Å². The number of nitrogens with zero attached hydrogens (tertiary/aromatic N) is 1. The van der Waals surface area contributed by atoms with Gasteiger partial charge in [-0.2, -0.15) is 0 Å². The van der Waals surface area contributed by atoms with Crippen molar-refractivity contribution in [1.82, 2.24) is 15.5 Å². The van der Waals surface area contributed by atoms with Gasteiger partial charge in [-0.15, -0.1) is 0 Å². The van der Waals surface area contributed by atoms with E-state index in [1.807, 2.05) is 18.0 Å². The summed E-state index contributed by atoms with van der Waals surface area (Å²) in [4.78, 5) is 26.8. The maximum Gasteiger partial charge on any atom is 0.237 e. The summed E-state index contributed by atoms with van der Waals surface area (Å²) in [5, 5.41) is 6.18. The lowest BCUT2D eigenvalue weighted by atomic mass is 9.53. The second-order valence-electron chi connectivity index (χ2n) is 8.13. The first kappa shape index (κ1) is 17.5. The van der Waals surface area contributed by atoms with E-state index < -0.39 is 0 Å². The standard InChI is InChI=1S/C21H29N3O2/c1-24-12-11-22-21(26)17(24)13-18(25)23-20-16-10-6-5-9-15(16)19(20)14-7-3-2-4-8-14/h2-4,7-8,15-17,19-20H,5-6,9-13H2,1H3,(H,22,26)(H,23,25)/t15-,16+,17-,19-,20-/m0/s1. The van der Waals surface area contributed by atoms with E-state index in [-0.39, 0.29) is 30.3 Å². The predicted octanol–water partition coefficient (Wildman–Crippen LogP) is 1.90. The molecule has 3 fully saturated rings. The van der Waals surface area contributed by atoms with E-state index in [4.69, 9.17) is 0 Å². The number of carbonyl (C=O) groups is 2. The van der Waals surface area contributed by atoms with Crippen molar-refractivity contribution in [2.24, 2.45) is 11.8 Å². The quantitative estimate of drug-likeness (QED) is 0.867. The number of hydrogen-bond acceptors (Lipinski definition) is 3. The molecule has 0 unspecified atom stereocenters. The van der Waals surface area contributed by atoms with Crippen LogP contribution in [-0.4, -0.2) is 48.9 Å². The van der Waals surface area contributed by atoms with E-state index >= 15 is 0 Å². The molecule has 2 amide bonds. The molecule has 3 aliphatic rings. The van der Waals surface area contributed by atoms with Crippen LogP contribution in [0.25, 0.3) is 0 Å². The van der Waals surface area contributed by atoms with Crippen molar-refractivity contribution in [1.29, 1.82) is 0 Å². The molecule has 0 bridgehead atoms. The number of fused-ring (bicyclic) bond motifs is 1. The van der Waals surface area contributed by atoms with Crippen molar-refractivity contribution in [3.05, 3.63) is 35.9 Å². The Kier molecular flexibility index (Phi) is 4.98. The van der Waals surface area contributed by atoms with Gasteiger partial charge in [0, 0.05) is 25.0 Å². The van der Waals surface area contributed by atoms with Crippen LogP contribution in [0.2, 0.25) is 0 Å². The zero-order valence-corrected chi connectivity index (χ0v) is 15.5. The number of carbonyl (C=O) groups excluding carboxylic acids is 2. The Balaban J connectivity index is 1.45. The van der Waals surface area contributed by atoms with Gasteiger partial charge in [-0.05, 0) is 37.3 Å². The van der Waals surface area contributed by atoms with Crippen LogP contribution in [0.15, 0.2) is 30.3 Å². The average molecular weight is 355 g/mol. The molecule has 1 aromatic rings. The minimum Gasteiger partial charge on any atom is -0.353 e. The van der Waals surface area contributed by atoms with Crippen LogP contribution in [0, 0.1) is 11.8 Å². The lowest BCUT2D eigenvalue weighted by Gasteiger charge is -2.55. The Labute approximate surface area is 155 Å². The minimum atomic E-state index is -0.346. The van der Waals surface area contributed by atoms with Gasteiger partial charge in [-0.1, -0.05) is 43.2 Å². The van der Waals surface area contributed by atoms with Gasteiger partial charge in [0.15, 0.2) is 0 Å². The van der Waals surface area contributed by atoms with Gasteiger partial charge in [-0.3, -0.25) is 14.5 Å². The average Bonchev–Trinajstić information content (AvgIpc) is 2.64. The molecule has 2 aliphatic carbocycles. The second kappa shape index (κ2) is 7.39. The van der Waals surface area contributed by atoms with Crippen LogP contribution < -0.4 is 10.6 Å². The van der Waals surface area contributed by atoms with E-state index in [1.165, 1.54) is 31.2 Å². The summed E-state index contributed by atoms with van der Waals surface area (Å²) in [5.41, 5.74) is 1.34. The molecule has 0 aromatic heterocycles. The molecule has 140 valence electrons. The Hall–Kier alpha value is -1.88. The van der Waals surface area contributed by atoms with E-state index in [0.717, 1.165) is 6.54 Å². The van der Waals surface area contributed by atoms with Crippen LogP contribution in [0.3, 0.4) is 0 Å². The van der Waals surface area contributed by atoms with Gasteiger partial charge in [0.05, 0.1) is 12.5 Å². The van der Waals surface area contributed by atoms with Crippen LogP contribution in [-0.2, 0) is 9.59 Å². The number of rotatable bonds is 4. The lowest BCUT2D eigenvalue weighted by Crippen LogP contribution is -2.61. The molecule has 1 aromatic carbocycles. The maximum atomic E-state index is 12.7. The van der Waals surface area contributed by atoms with E-state index in [2.05, 4.69) is 34.9 Å². The van der Waals surface area contributed by atoms with Crippen LogP contribution >= 0.6 is 0 Å². The second-order valence-corrected chi connectivity index (χ2v) is 8.13. The van der Waals surface area contributed by atoms with Gasteiger partial charge >= 0.3 is 0 Å². The molecular weight excluding hydrogens is 326 g/mol. The molecule has 1 heterocycles. The van der Waals surface area contributed by atoms with Gasteiger partial charge in [-0.25, -0.2) is 0 Å². The third kappa shape index (κ3) is 3.25. The number of piperazine rings is 1. The summed E-state index contributed by atoms with van der Waals surface area (Å²) in [6.45, 7) is 1.46. The fraction of sp³-hybridized carbons (Fsp3) is 0.619. The maximum absolute atomic E-state index is 12.7. The molecular formula is C21H29N3O2. The first-order valence-corrected chi connectivity index (χ1v) is 9.97. The third-order valence-electron chi connectivity index (χ3n) is 6.67. The highest BCUT2D eigenvalue weighted by atomic mass is 16.2.